The lowest BCUT2D eigenvalue weighted by molar-refractivity contribution is 0.352. The van der Waals surface area contributed by atoms with Crippen molar-refractivity contribution in [1.29, 1.82) is 0 Å². The van der Waals surface area contributed by atoms with Crippen molar-refractivity contribution in [3.63, 3.8) is 0 Å². The normalized spacial score (nSPS) is 9.33. The third kappa shape index (κ3) is 3.55. The van der Waals surface area contributed by atoms with E-state index in [-0.39, 0.29) is 12.4 Å². The highest BCUT2D eigenvalue weighted by Crippen LogP contribution is 2.36. The molecule has 86 valence electrons. The molecule has 15 heavy (non-hydrogen) atoms. The van der Waals surface area contributed by atoms with Crippen LogP contribution in [-0.4, -0.2) is 21.3 Å². The van der Waals surface area contributed by atoms with Crippen LogP contribution in [-0.2, 0) is 6.54 Å². The van der Waals surface area contributed by atoms with Crippen molar-refractivity contribution in [3.8, 4) is 11.5 Å². The van der Waals surface area contributed by atoms with Crippen molar-refractivity contribution in [3.05, 3.63) is 22.2 Å². The fourth-order valence-electron chi connectivity index (χ4n) is 1.28. The van der Waals surface area contributed by atoms with Gasteiger partial charge < -0.3 is 14.8 Å². The van der Waals surface area contributed by atoms with Crippen LogP contribution in [0.3, 0.4) is 0 Å². The van der Waals surface area contributed by atoms with Gasteiger partial charge in [0.2, 0.25) is 0 Å². The van der Waals surface area contributed by atoms with Crippen molar-refractivity contribution < 1.29 is 9.47 Å². The van der Waals surface area contributed by atoms with Gasteiger partial charge >= 0.3 is 0 Å². The standard InChI is InChI=1S/C10H14BrNO2.ClH/c1-12-6-7-4-8(11)10(14-3)9(5-7)13-2;/h4-5,12H,6H2,1-3H3;1H. The first kappa shape index (κ1) is 14.6. The van der Waals surface area contributed by atoms with E-state index in [1.165, 1.54) is 0 Å². The molecule has 0 spiro atoms. The van der Waals surface area contributed by atoms with Crippen LogP contribution in [0.25, 0.3) is 0 Å². The van der Waals surface area contributed by atoms with Crippen molar-refractivity contribution >= 4 is 28.3 Å². The van der Waals surface area contributed by atoms with Gasteiger partial charge in [-0.25, -0.2) is 0 Å². The first-order valence-electron chi connectivity index (χ1n) is 4.28. The maximum Gasteiger partial charge on any atom is 0.174 e. The summed E-state index contributed by atoms with van der Waals surface area (Å²) in [5, 5.41) is 3.08. The maximum atomic E-state index is 5.22. The summed E-state index contributed by atoms with van der Waals surface area (Å²) < 4.78 is 11.3. The zero-order valence-corrected chi connectivity index (χ0v) is 11.4. The lowest BCUT2D eigenvalue weighted by atomic mass is 10.2. The number of methoxy groups -OCH3 is 2. The van der Waals surface area contributed by atoms with Gasteiger partial charge in [0.1, 0.15) is 0 Å². The number of ether oxygens (including phenoxy) is 2. The molecule has 0 saturated heterocycles. The number of rotatable bonds is 4. The quantitative estimate of drug-likeness (QED) is 0.926. The van der Waals surface area contributed by atoms with E-state index in [9.17, 15) is 0 Å². The van der Waals surface area contributed by atoms with Crippen LogP contribution in [0.4, 0.5) is 0 Å². The number of nitrogens with one attached hydrogen (secondary N) is 1. The van der Waals surface area contributed by atoms with E-state index >= 15 is 0 Å². The van der Waals surface area contributed by atoms with Crippen LogP contribution in [0, 0.1) is 0 Å². The number of hydrogen-bond acceptors (Lipinski definition) is 3. The van der Waals surface area contributed by atoms with E-state index in [0.717, 1.165) is 28.1 Å². The molecule has 1 rings (SSSR count). The minimum absolute atomic E-state index is 0. The molecule has 1 N–H and O–H groups in total. The predicted octanol–water partition coefficient (Wildman–Crippen LogP) is 2.61. The molecular formula is C10H15BrClNO2. The number of halogens is 2. The van der Waals surface area contributed by atoms with Gasteiger partial charge in [0.05, 0.1) is 18.7 Å². The summed E-state index contributed by atoms with van der Waals surface area (Å²) in [6, 6.07) is 3.97. The fraction of sp³-hybridized carbons (Fsp3) is 0.400. The van der Waals surface area contributed by atoms with E-state index in [2.05, 4.69) is 21.2 Å². The molecule has 0 bridgehead atoms. The molecule has 0 radical (unpaired) electrons. The monoisotopic (exact) mass is 295 g/mol. The summed E-state index contributed by atoms with van der Waals surface area (Å²) >= 11 is 3.44. The molecular weight excluding hydrogens is 281 g/mol. The minimum atomic E-state index is 0. The number of hydrogen-bond donors (Lipinski definition) is 1. The van der Waals surface area contributed by atoms with Gasteiger partial charge in [0.25, 0.3) is 0 Å². The Bertz CT molecular complexity index is 321. The molecule has 0 aliphatic heterocycles. The Hall–Kier alpha value is -0.450. The molecule has 0 amide bonds. The molecule has 0 aliphatic carbocycles. The largest absolute Gasteiger partial charge is 0.493 e. The summed E-state index contributed by atoms with van der Waals surface area (Å²) in [5.74, 6) is 1.47. The SMILES string of the molecule is CNCc1cc(Br)c(OC)c(OC)c1.Cl. The minimum Gasteiger partial charge on any atom is -0.493 e. The van der Waals surface area contributed by atoms with E-state index in [4.69, 9.17) is 9.47 Å². The summed E-state index contributed by atoms with van der Waals surface area (Å²) in [6.45, 7) is 0.805. The van der Waals surface area contributed by atoms with Crippen molar-refractivity contribution in [1.82, 2.24) is 5.32 Å². The average molecular weight is 297 g/mol. The van der Waals surface area contributed by atoms with Crippen molar-refractivity contribution in [2.45, 2.75) is 6.54 Å². The zero-order valence-electron chi connectivity index (χ0n) is 8.96. The van der Waals surface area contributed by atoms with Crippen LogP contribution < -0.4 is 14.8 Å². The molecule has 0 heterocycles. The second-order valence-corrected chi connectivity index (χ2v) is 3.70. The van der Waals surface area contributed by atoms with Crippen LogP contribution >= 0.6 is 28.3 Å². The summed E-state index contributed by atoms with van der Waals surface area (Å²) in [6.07, 6.45) is 0. The summed E-state index contributed by atoms with van der Waals surface area (Å²) in [4.78, 5) is 0. The second kappa shape index (κ2) is 6.93. The van der Waals surface area contributed by atoms with E-state index in [0.29, 0.717) is 0 Å². The van der Waals surface area contributed by atoms with Gasteiger partial charge in [0, 0.05) is 6.54 Å². The van der Waals surface area contributed by atoms with Crippen LogP contribution in [0.2, 0.25) is 0 Å². The summed E-state index contributed by atoms with van der Waals surface area (Å²) in [7, 11) is 5.17. The van der Waals surface area contributed by atoms with Gasteiger partial charge in [0.15, 0.2) is 11.5 Å². The zero-order chi connectivity index (χ0) is 10.6. The van der Waals surface area contributed by atoms with Crippen LogP contribution in [0.15, 0.2) is 16.6 Å². The molecule has 0 fully saturated rings. The molecule has 3 nitrogen and oxygen atoms in total. The maximum absolute atomic E-state index is 5.22. The van der Waals surface area contributed by atoms with E-state index in [1.54, 1.807) is 14.2 Å². The summed E-state index contributed by atoms with van der Waals surface area (Å²) in [5.41, 5.74) is 1.15. The predicted molar refractivity (Wildman–Crippen MR) is 67.3 cm³/mol. The second-order valence-electron chi connectivity index (χ2n) is 2.84. The Morgan fingerprint density at radius 3 is 2.40 bits per heavy atom. The molecule has 5 heteroatoms. The Kier molecular flexibility index (Phi) is 6.72. The van der Waals surface area contributed by atoms with Crippen LogP contribution in [0.1, 0.15) is 5.56 Å². The average Bonchev–Trinajstić information content (AvgIpc) is 2.17. The highest BCUT2D eigenvalue weighted by Gasteiger charge is 2.09. The lowest BCUT2D eigenvalue weighted by Gasteiger charge is -2.11. The van der Waals surface area contributed by atoms with Gasteiger partial charge in [-0.15, -0.1) is 12.4 Å². The van der Waals surface area contributed by atoms with Crippen LogP contribution in [0.5, 0.6) is 11.5 Å². The highest BCUT2D eigenvalue weighted by atomic mass is 79.9. The topological polar surface area (TPSA) is 30.5 Å². The molecule has 0 aromatic heterocycles. The smallest absolute Gasteiger partial charge is 0.174 e. The van der Waals surface area contributed by atoms with E-state index < -0.39 is 0 Å². The highest BCUT2D eigenvalue weighted by molar-refractivity contribution is 9.10. The molecule has 1 aromatic rings. The molecule has 0 aliphatic rings. The Balaban J connectivity index is 0.00000196. The fourth-order valence-corrected chi connectivity index (χ4v) is 1.93. The number of benzene rings is 1. The first-order chi connectivity index (χ1) is 6.72. The Morgan fingerprint density at radius 2 is 1.93 bits per heavy atom. The molecule has 1 aromatic carbocycles. The third-order valence-corrected chi connectivity index (χ3v) is 2.46. The molecule has 0 saturated carbocycles. The Morgan fingerprint density at radius 1 is 1.27 bits per heavy atom. The first-order valence-corrected chi connectivity index (χ1v) is 5.07. The third-order valence-electron chi connectivity index (χ3n) is 1.87. The van der Waals surface area contributed by atoms with Gasteiger partial charge in [-0.2, -0.15) is 0 Å². The Labute approximate surface area is 105 Å². The van der Waals surface area contributed by atoms with Gasteiger partial charge in [-0.1, -0.05) is 0 Å². The lowest BCUT2D eigenvalue weighted by Crippen LogP contribution is -2.05. The van der Waals surface area contributed by atoms with E-state index in [1.807, 2.05) is 19.2 Å². The van der Waals surface area contributed by atoms with Crippen molar-refractivity contribution in [2.24, 2.45) is 0 Å². The van der Waals surface area contributed by atoms with Gasteiger partial charge in [-0.05, 0) is 40.7 Å². The molecule has 0 atom stereocenters. The molecule has 0 unspecified atom stereocenters. The van der Waals surface area contributed by atoms with Crippen molar-refractivity contribution in [2.75, 3.05) is 21.3 Å². The van der Waals surface area contributed by atoms with Gasteiger partial charge in [-0.3, -0.25) is 0 Å².